The van der Waals surface area contributed by atoms with E-state index in [9.17, 15) is 9.59 Å². The minimum Gasteiger partial charge on any atom is -0.366 e. The van der Waals surface area contributed by atoms with E-state index in [1.807, 2.05) is 24.3 Å². The third-order valence-corrected chi connectivity index (χ3v) is 4.12. The molecule has 3 rings (SSSR count). The minimum absolute atomic E-state index is 0.00102. The Labute approximate surface area is 145 Å². The lowest BCUT2D eigenvalue weighted by Gasteiger charge is -2.33. The topological polar surface area (TPSA) is 58.6 Å². The smallest absolute Gasteiger partial charge is 0.251 e. The molecule has 2 aromatic rings. The van der Waals surface area contributed by atoms with Gasteiger partial charge in [-0.3, -0.25) is 9.59 Å². The van der Waals surface area contributed by atoms with Crippen molar-refractivity contribution >= 4 is 29.1 Å². The van der Waals surface area contributed by atoms with E-state index >= 15 is 0 Å². The molecule has 0 saturated carbocycles. The molecule has 2 aromatic carbocycles. The first kappa shape index (κ1) is 16.6. The van der Waals surface area contributed by atoms with Crippen LogP contribution in [0.5, 0.6) is 0 Å². The Hall–Kier alpha value is -2.24. The number of hydrogen-bond donors (Lipinski definition) is 1. The van der Waals surface area contributed by atoms with Crippen LogP contribution in [0, 0.1) is 0 Å². The van der Waals surface area contributed by atoms with E-state index in [-0.39, 0.29) is 18.2 Å². The van der Waals surface area contributed by atoms with Crippen molar-refractivity contribution in [2.24, 2.45) is 0 Å². The molecule has 0 bridgehead atoms. The van der Waals surface area contributed by atoms with Gasteiger partial charge in [0.2, 0.25) is 5.91 Å². The maximum Gasteiger partial charge on any atom is 0.251 e. The van der Waals surface area contributed by atoms with Gasteiger partial charge in [-0.05, 0) is 30.8 Å². The zero-order valence-corrected chi connectivity index (χ0v) is 13.8. The molecule has 126 valence electrons. The normalized spacial score (nSPS) is 17.8. The average Bonchev–Trinajstić information content (AvgIpc) is 3.06. The molecule has 0 aromatic heterocycles. The van der Waals surface area contributed by atoms with Gasteiger partial charge in [-0.25, -0.2) is 6.07 Å². The zero-order valence-electron chi connectivity index (χ0n) is 13.1. The molecule has 6 heteroatoms. The van der Waals surface area contributed by atoms with Crippen molar-refractivity contribution in [3.8, 4) is 0 Å². The van der Waals surface area contributed by atoms with Crippen molar-refractivity contribution in [2.45, 2.75) is 19.1 Å². The highest BCUT2D eigenvalue weighted by atomic mass is 35.5. The standard InChI is InChI=1S/C18H18ClN2O3/c19-14-5-7-15(8-6-14)20-17(22)11-16-18(23)21(9-10-24-16)12-13-3-1-2-4-13/h1-8,16H,9-12H2,(H,20,22)/q-1. The van der Waals surface area contributed by atoms with Gasteiger partial charge >= 0.3 is 0 Å². The Kier molecular flexibility index (Phi) is 5.23. The van der Waals surface area contributed by atoms with Gasteiger partial charge in [0, 0.05) is 17.3 Å². The second-order valence-electron chi connectivity index (χ2n) is 5.67. The summed E-state index contributed by atoms with van der Waals surface area (Å²) in [6, 6.07) is 14.7. The highest BCUT2D eigenvalue weighted by Gasteiger charge is 2.30. The van der Waals surface area contributed by atoms with Gasteiger partial charge in [-0.2, -0.15) is 23.8 Å². The Morgan fingerprint density at radius 2 is 2.12 bits per heavy atom. The van der Waals surface area contributed by atoms with Crippen LogP contribution < -0.4 is 5.32 Å². The lowest BCUT2D eigenvalue weighted by Crippen LogP contribution is -2.48. The summed E-state index contributed by atoms with van der Waals surface area (Å²) in [4.78, 5) is 26.4. The van der Waals surface area contributed by atoms with E-state index in [4.69, 9.17) is 16.3 Å². The Morgan fingerprint density at radius 1 is 1.33 bits per heavy atom. The van der Waals surface area contributed by atoms with Gasteiger partial charge in [0.05, 0.1) is 13.0 Å². The van der Waals surface area contributed by atoms with Gasteiger partial charge in [-0.15, -0.1) is 0 Å². The van der Waals surface area contributed by atoms with Gasteiger partial charge in [0.15, 0.2) is 0 Å². The van der Waals surface area contributed by atoms with Crippen LogP contribution in [-0.4, -0.2) is 36.0 Å². The predicted octanol–water partition coefficient (Wildman–Crippen LogP) is 2.82. The summed E-state index contributed by atoms with van der Waals surface area (Å²) in [5.74, 6) is -0.403. The van der Waals surface area contributed by atoms with Gasteiger partial charge in [-0.1, -0.05) is 11.6 Å². The third-order valence-electron chi connectivity index (χ3n) is 3.87. The molecule has 1 aliphatic heterocycles. The molecule has 0 radical (unpaired) electrons. The number of hydrogen-bond acceptors (Lipinski definition) is 3. The summed E-state index contributed by atoms with van der Waals surface area (Å²) in [7, 11) is 0. The van der Waals surface area contributed by atoms with Crippen LogP contribution in [0.15, 0.2) is 48.5 Å². The monoisotopic (exact) mass is 345 g/mol. The second kappa shape index (κ2) is 7.55. The largest absolute Gasteiger partial charge is 0.366 e. The van der Waals surface area contributed by atoms with Gasteiger partial charge in [0.1, 0.15) is 6.10 Å². The number of amides is 2. The molecule has 1 atom stereocenters. The van der Waals surface area contributed by atoms with Crippen LogP contribution in [0.25, 0.3) is 0 Å². The first-order valence-corrected chi connectivity index (χ1v) is 8.16. The van der Waals surface area contributed by atoms with Crippen molar-refractivity contribution in [3.05, 3.63) is 59.1 Å². The lowest BCUT2D eigenvalue weighted by molar-refractivity contribution is -0.155. The summed E-state index contributed by atoms with van der Waals surface area (Å²) in [5.41, 5.74) is 1.72. The molecule has 1 fully saturated rings. The van der Waals surface area contributed by atoms with Gasteiger partial charge < -0.3 is 15.0 Å². The van der Waals surface area contributed by atoms with Crippen LogP contribution in [-0.2, 0) is 20.9 Å². The highest BCUT2D eigenvalue weighted by Crippen LogP contribution is 2.17. The Morgan fingerprint density at radius 3 is 2.83 bits per heavy atom. The van der Waals surface area contributed by atoms with Crippen LogP contribution in [0.2, 0.25) is 5.02 Å². The minimum atomic E-state index is -0.735. The number of carbonyl (C=O) groups excluding carboxylic acids is 2. The molecule has 0 aliphatic carbocycles. The first-order chi connectivity index (χ1) is 11.6. The van der Waals surface area contributed by atoms with Crippen molar-refractivity contribution in [1.82, 2.24) is 4.90 Å². The molecule has 1 saturated heterocycles. The average molecular weight is 346 g/mol. The maximum absolute atomic E-state index is 12.5. The lowest BCUT2D eigenvalue weighted by atomic mass is 10.1. The van der Waals surface area contributed by atoms with Crippen LogP contribution in [0.4, 0.5) is 5.69 Å². The third kappa shape index (κ3) is 4.19. The summed E-state index contributed by atoms with van der Waals surface area (Å²) in [5, 5.41) is 3.35. The number of carbonyl (C=O) groups is 2. The predicted molar refractivity (Wildman–Crippen MR) is 91.9 cm³/mol. The number of nitrogens with one attached hydrogen (secondary N) is 1. The van der Waals surface area contributed by atoms with Crippen molar-refractivity contribution in [3.63, 3.8) is 0 Å². The van der Waals surface area contributed by atoms with E-state index in [1.54, 1.807) is 29.2 Å². The summed E-state index contributed by atoms with van der Waals surface area (Å²) in [6.45, 7) is 1.52. The fourth-order valence-corrected chi connectivity index (χ4v) is 2.77. The number of morpholine rings is 1. The molecule has 1 unspecified atom stereocenters. The quantitative estimate of drug-likeness (QED) is 0.848. The summed E-state index contributed by atoms with van der Waals surface area (Å²) in [6.07, 6.45) is -0.736. The molecular weight excluding hydrogens is 328 g/mol. The maximum atomic E-state index is 12.5. The molecule has 1 heterocycles. The number of rotatable bonds is 5. The van der Waals surface area contributed by atoms with Crippen LogP contribution in [0.3, 0.4) is 0 Å². The van der Waals surface area contributed by atoms with E-state index < -0.39 is 6.10 Å². The van der Waals surface area contributed by atoms with Gasteiger partial charge in [0.25, 0.3) is 5.91 Å². The summed E-state index contributed by atoms with van der Waals surface area (Å²) >= 11 is 5.81. The SMILES string of the molecule is O=C(CC1OCCN(Cc2cc[cH-]c2)C1=O)Nc1ccc(Cl)cc1. The molecule has 1 N–H and O–H groups in total. The fraction of sp³-hybridized carbons (Fsp3) is 0.278. The molecule has 0 spiro atoms. The number of anilines is 1. The molecule has 2 amide bonds. The van der Waals surface area contributed by atoms with E-state index in [0.29, 0.717) is 30.4 Å². The molecule has 24 heavy (non-hydrogen) atoms. The van der Waals surface area contributed by atoms with E-state index in [2.05, 4.69) is 5.32 Å². The second-order valence-corrected chi connectivity index (χ2v) is 6.11. The highest BCUT2D eigenvalue weighted by molar-refractivity contribution is 6.30. The summed E-state index contributed by atoms with van der Waals surface area (Å²) < 4.78 is 5.49. The Balaban J connectivity index is 1.56. The number of halogens is 1. The molecular formula is C18H18ClN2O3-. The Bertz CT molecular complexity index is 698. The van der Waals surface area contributed by atoms with Crippen LogP contribution >= 0.6 is 11.6 Å². The zero-order chi connectivity index (χ0) is 16.9. The van der Waals surface area contributed by atoms with Crippen molar-refractivity contribution in [1.29, 1.82) is 0 Å². The fourth-order valence-electron chi connectivity index (χ4n) is 2.65. The number of ether oxygens (including phenoxy) is 1. The van der Waals surface area contributed by atoms with Crippen molar-refractivity contribution in [2.75, 3.05) is 18.5 Å². The number of nitrogens with zero attached hydrogens (tertiary/aromatic N) is 1. The van der Waals surface area contributed by atoms with E-state index in [0.717, 1.165) is 5.56 Å². The first-order valence-electron chi connectivity index (χ1n) is 7.78. The van der Waals surface area contributed by atoms with Crippen LogP contribution in [0.1, 0.15) is 12.0 Å². The van der Waals surface area contributed by atoms with Crippen molar-refractivity contribution < 1.29 is 14.3 Å². The number of benzene rings is 1. The molecule has 5 nitrogen and oxygen atoms in total. The molecule has 1 aliphatic rings. The van der Waals surface area contributed by atoms with E-state index in [1.165, 1.54) is 0 Å².